The number of hydrogen-bond acceptors (Lipinski definition) is 2. The quantitative estimate of drug-likeness (QED) is 0.489. The summed E-state index contributed by atoms with van der Waals surface area (Å²) in [7, 11) is 0. The van der Waals surface area contributed by atoms with Gasteiger partial charge in [-0.05, 0) is 35.4 Å². The maximum atomic E-state index is 14.8. The molecule has 0 radical (unpaired) electrons. The SMILES string of the molecule is FCC(c1ccccc1)(c1ccc(Br)cc1)n1nnc2ccccc21. The summed E-state index contributed by atoms with van der Waals surface area (Å²) in [6.45, 7) is -0.633. The first-order valence-corrected chi connectivity index (χ1v) is 8.73. The van der Waals surface area contributed by atoms with Gasteiger partial charge in [-0.15, -0.1) is 5.10 Å². The van der Waals surface area contributed by atoms with Crippen molar-refractivity contribution in [1.29, 1.82) is 0 Å². The van der Waals surface area contributed by atoms with Gasteiger partial charge in [0.25, 0.3) is 0 Å². The molecule has 3 aromatic carbocycles. The largest absolute Gasteiger partial charge is 0.248 e. The zero-order valence-corrected chi connectivity index (χ0v) is 14.9. The van der Waals surface area contributed by atoms with Gasteiger partial charge in [0, 0.05) is 4.47 Å². The Morgan fingerprint density at radius 3 is 2.20 bits per heavy atom. The topological polar surface area (TPSA) is 30.7 Å². The minimum absolute atomic E-state index is 0.633. The van der Waals surface area contributed by atoms with E-state index in [0.717, 1.165) is 26.6 Å². The van der Waals surface area contributed by atoms with Crippen LogP contribution in [-0.2, 0) is 5.54 Å². The van der Waals surface area contributed by atoms with Gasteiger partial charge >= 0.3 is 0 Å². The second-order valence-electron chi connectivity index (χ2n) is 5.86. The normalized spacial score (nSPS) is 13.7. The predicted molar refractivity (Wildman–Crippen MR) is 100 cm³/mol. The van der Waals surface area contributed by atoms with E-state index < -0.39 is 12.2 Å². The number of rotatable bonds is 4. The van der Waals surface area contributed by atoms with Crippen molar-refractivity contribution in [2.24, 2.45) is 0 Å². The molecule has 0 aliphatic carbocycles. The van der Waals surface area contributed by atoms with Crippen molar-refractivity contribution >= 4 is 27.0 Å². The van der Waals surface area contributed by atoms with Crippen LogP contribution in [0.15, 0.2) is 83.3 Å². The first-order chi connectivity index (χ1) is 12.3. The number of fused-ring (bicyclic) bond motifs is 1. The molecule has 0 aliphatic rings. The Morgan fingerprint density at radius 1 is 0.840 bits per heavy atom. The van der Waals surface area contributed by atoms with Crippen molar-refractivity contribution in [3.8, 4) is 0 Å². The molecule has 25 heavy (non-hydrogen) atoms. The van der Waals surface area contributed by atoms with Gasteiger partial charge in [0.15, 0.2) is 0 Å². The van der Waals surface area contributed by atoms with E-state index in [1.165, 1.54) is 0 Å². The van der Waals surface area contributed by atoms with Gasteiger partial charge < -0.3 is 0 Å². The van der Waals surface area contributed by atoms with Crippen LogP contribution >= 0.6 is 15.9 Å². The number of nitrogens with zero attached hydrogens (tertiary/aromatic N) is 3. The van der Waals surface area contributed by atoms with Crippen LogP contribution in [0.1, 0.15) is 11.1 Å². The number of aromatic nitrogens is 3. The number of benzene rings is 3. The summed E-state index contributed by atoms with van der Waals surface area (Å²) in [6, 6.07) is 24.9. The minimum Gasteiger partial charge on any atom is -0.248 e. The monoisotopic (exact) mass is 395 g/mol. The molecule has 0 spiro atoms. The Balaban J connectivity index is 2.06. The van der Waals surface area contributed by atoms with E-state index >= 15 is 0 Å². The average Bonchev–Trinajstić information content (AvgIpc) is 3.10. The van der Waals surface area contributed by atoms with Crippen molar-refractivity contribution in [3.63, 3.8) is 0 Å². The molecular weight excluding hydrogens is 381 g/mol. The number of hydrogen-bond donors (Lipinski definition) is 0. The molecule has 0 aliphatic heterocycles. The Labute approximate surface area is 153 Å². The minimum atomic E-state index is -1.07. The van der Waals surface area contributed by atoms with Gasteiger partial charge in [0.05, 0.1) is 5.52 Å². The summed E-state index contributed by atoms with van der Waals surface area (Å²) >= 11 is 3.45. The maximum Gasteiger partial charge on any atom is 0.143 e. The van der Waals surface area contributed by atoms with Crippen LogP contribution in [0.5, 0.6) is 0 Å². The molecule has 0 saturated carbocycles. The highest BCUT2D eigenvalue weighted by Crippen LogP contribution is 2.36. The summed E-state index contributed by atoms with van der Waals surface area (Å²) in [4.78, 5) is 0. The highest BCUT2D eigenvalue weighted by Gasteiger charge is 2.39. The zero-order valence-electron chi connectivity index (χ0n) is 13.3. The third-order valence-corrected chi connectivity index (χ3v) is 5.01. The Kier molecular flexibility index (Phi) is 4.09. The van der Waals surface area contributed by atoms with E-state index in [-0.39, 0.29) is 0 Å². The zero-order chi connectivity index (χ0) is 17.3. The highest BCUT2D eigenvalue weighted by atomic mass is 79.9. The van der Waals surface area contributed by atoms with E-state index in [0.29, 0.717) is 0 Å². The van der Waals surface area contributed by atoms with Gasteiger partial charge in [-0.25, -0.2) is 9.07 Å². The number of alkyl halides is 1. The smallest absolute Gasteiger partial charge is 0.143 e. The van der Waals surface area contributed by atoms with Crippen LogP contribution in [-0.4, -0.2) is 21.7 Å². The molecule has 1 aromatic heterocycles. The van der Waals surface area contributed by atoms with Crippen molar-refractivity contribution < 1.29 is 4.39 Å². The highest BCUT2D eigenvalue weighted by molar-refractivity contribution is 9.10. The Bertz CT molecular complexity index is 998. The molecule has 4 aromatic rings. The van der Waals surface area contributed by atoms with Crippen LogP contribution in [0, 0.1) is 0 Å². The third kappa shape index (κ3) is 2.55. The van der Waals surface area contributed by atoms with E-state index in [1.807, 2.05) is 78.9 Å². The van der Waals surface area contributed by atoms with Crippen LogP contribution in [0.2, 0.25) is 0 Å². The Hall–Kier alpha value is -2.53. The molecule has 124 valence electrons. The van der Waals surface area contributed by atoms with Crippen molar-refractivity contribution in [1.82, 2.24) is 15.0 Å². The lowest BCUT2D eigenvalue weighted by molar-refractivity contribution is 0.288. The molecule has 1 unspecified atom stereocenters. The van der Waals surface area contributed by atoms with Crippen molar-refractivity contribution in [2.45, 2.75) is 5.54 Å². The fraction of sp³-hybridized carbons (Fsp3) is 0.100. The fourth-order valence-corrected chi connectivity index (χ4v) is 3.48. The summed E-state index contributed by atoms with van der Waals surface area (Å²) in [5.41, 5.74) is 2.12. The summed E-state index contributed by atoms with van der Waals surface area (Å²) in [5.74, 6) is 0. The summed E-state index contributed by atoms with van der Waals surface area (Å²) in [5, 5.41) is 8.57. The van der Waals surface area contributed by atoms with Crippen LogP contribution in [0.25, 0.3) is 11.0 Å². The standard InChI is InChI=1S/C20H15BrFN3/c21-17-12-10-16(11-13-17)20(14-22,15-6-2-1-3-7-15)25-19-9-5-4-8-18(19)23-24-25/h1-13H,14H2. The maximum absolute atomic E-state index is 14.8. The molecule has 1 heterocycles. The molecule has 0 fully saturated rings. The van der Waals surface area contributed by atoms with Gasteiger partial charge in [0.1, 0.15) is 17.7 Å². The average molecular weight is 396 g/mol. The lowest BCUT2D eigenvalue weighted by Gasteiger charge is -2.33. The van der Waals surface area contributed by atoms with E-state index in [2.05, 4.69) is 26.2 Å². The second-order valence-corrected chi connectivity index (χ2v) is 6.77. The molecule has 0 saturated heterocycles. The molecule has 0 amide bonds. The van der Waals surface area contributed by atoms with Gasteiger partial charge in [-0.2, -0.15) is 0 Å². The van der Waals surface area contributed by atoms with Crippen LogP contribution in [0.3, 0.4) is 0 Å². The summed E-state index contributed by atoms with van der Waals surface area (Å²) in [6.07, 6.45) is 0. The van der Waals surface area contributed by atoms with Gasteiger partial charge in [-0.1, -0.05) is 75.7 Å². The molecule has 0 bridgehead atoms. The summed E-state index contributed by atoms with van der Waals surface area (Å²) < 4.78 is 17.4. The van der Waals surface area contributed by atoms with Crippen LogP contribution < -0.4 is 0 Å². The molecule has 0 N–H and O–H groups in total. The predicted octanol–water partition coefficient (Wildman–Crippen LogP) is 4.96. The molecule has 5 heteroatoms. The number of para-hydroxylation sites is 1. The second kappa shape index (κ2) is 6.41. The van der Waals surface area contributed by atoms with Crippen molar-refractivity contribution in [3.05, 3.63) is 94.5 Å². The van der Waals surface area contributed by atoms with Gasteiger partial charge in [-0.3, -0.25) is 0 Å². The van der Waals surface area contributed by atoms with Crippen LogP contribution in [0.4, 0.5) is 4.39 Å². The lowest BCUT2D eigenvalue weighted by Crippen LogP contribution is -2.39. The molecular formula is C20H15BrFN3. The van der Waals surface area contributed by atoms with E-state index in [9.17, 15) is 4.39 Å². The molecule has 3 nitrogen and oxygen atoms in total. The first kappa shape index (κ1) is 16.0. The Morgan fingerprint density at radius 2 is 1.48 bits per heavy atom. The molecule has 1 atom stereocenters. The third-order valence-electron chi connectivity index (χ3n) is 4.48. The van der Waals surface area contributed by atoms with Crippen molar-refractivity contribution in [2.75, 3.05) is 6.67 Å². The van der Waals surface area contributed by atoms with E-state index in [1.54, 1.807) is 4.68 Å². The first-order valence-electron chi connectivity index (χ1n) is 7.94. The lowest BCUT2D eigenvalue weighted by atomic mass is 9.83. The number of halogens is 2. The van der Waals surface area contributed by atoms with E-state index in [4.69, 9.17) is 0 Å². The fourth-order valence-electron chi connectivity index (χ4n) is 3.21. The van der Waals surface area contributed by atoms with Gasteiger partial charge in [0.2, 0.25) is 0 Å². The molecule has 4 rings (SSSR count).